The number of ether oxygens (including phenoxy) is 3. The lowest BCUT2D eigenvalue weighted by atomic mass is 10.1. The molecule has 0 amide bonds. The summed E-state index contributed by atoms with van der Waals surface area (Å²) < 4.78 is 16.4. The fraction of sp³-hybridized carbons (Fsp3) is 0.682. The van der Waals surface area contributed by atoms with Crippen molar-refractivity contribution in [3.05, 3.63) is 17.7 Å². The van der Waals surface area contributed by atoms with Gasteiger partial charge in [-0.1, -0.05) is 6.07 Å². The van der Waals surface area contributed by atoms with E-state index in [9.17, 15) is 0 Å². The Kier molecular flexibility index (Phi) is 11.3. The lowest BCUT2D eigenvalue weighted by molar-refractivity contribution is 0.181. The van der Waals surface area contributed by atoms with Crippen LogP contribution in [0.25, 0.3) is 0 Å². The zero-order chi connectivity index (χ0) is 21.8. The maximum absolute atomic E-state index is 5.57. The highest BCUT2D eigenvalue weighted by atomic mass is 16.5. The van der Waals surface area contributed by atoms with Gasteiger partial charge in [-0.15, -0.1) is 0 Å². The maximum atomic E-state index is 5.57. The van der Waals surface area contributed by atoms with Crippen LogP contribution in [0.2, 0.25) is 0 Å². The highest BCUT2D eigenvalue weighted by Gasteiger charge is 2.16. The first-order chi connectivity index (χ1) is 13.9. The van der Waals surface area contributed by atoms with Crippen LogP contribution in [0.1, 0.15) is 40.2 Å². The van der Waals surface area contributed by atoms with Crippen molar-refractivity contribution in [3.63, 3.8) is 0 Å². The van der Waals surface area contributed by atoms with E-state index in [4.69, 9.17) is 19.2 Å². The van der Waals surface area contributed by atoms with E-state index in [-0.39, 0.29) is 0 Å². The molecule has 0 unspecified atom stereocenters. The van der Waals surface area contributed by atoms with E-state index in [1.165, 1.54) is 0 Å². The Balaban J connectivity index is 2.73. The van der Waals surface area contributed by atoms with Crippen LogP contribution in [-0.2, 0) is 6.42 Å². The van der Waals surface area contributed by atoms with Crippen molar-refractivity contribution < 1.29 is 14.2 Å². The van der Waals surface area contributed by atoms with Gasteiger partial charge in [0.1, 0.15) is 0 Å². The minimum Gasteiger partial charge on any atom is -0.493 e. The molecule has 0 saturated carbocycles. The number of methoxy groups -OCH3 is 3. The quantitative estimate of drug-likeness (QED) is 0.409. The summed E-state index contributed by atoms with van der Waals surface area (Å²) in [6.07, 6.45) is 0.776. The van der Waals surface area contributed by atoms with Crippen LogP contribution in [0.15, 0.2) is 17.1 Å². The number of hydrogen-bond acceptors (Lipinski definition) is 5. The van der Waals surface area contributed by atoms with Gasteiger partial charge in [0.05, 0.1) is 27.9 Å². The Morgan fingerprint density at radius 2 is 1.62 bits per heavy atom. The second kappa shape index (κ2) is 13.1. The third-order valence-corrected chi connectivity index (χ3v) is 4.77. The number of benzene rings is 1. The maximum Gasteiger partial charge on any atom is 0.203 e. The van der Waals surface area contributed by atoms with Crippen LogP contribution in [0, 0.1) is 0 Å². The van der Waals surface area contributed by atoms with E-state index in [0.29, 0.717) is 29.3 Å². The molecule has 7 nitrogen and oxygen atoms in total. The minimum absolute atomic E-state index is 0.512. The molecule has 0 atom stereocenters. The molecule has 2 N–H and O–H groups in total. The molecule has 0 bridgehead atoms. The first-order valence-electron chi connectivity index (χ1n) is 10.4. The molecule has 0 aliphatic heterocycles. The molecule has 0 aliphatic carbocycles. The number of guanidine groups is 1. The Labute approximate surface area is 176 Å². The van der Waals surface area contributed by atoms with E-state index in [1.54, 1.807) is 21.3 Å². The largest absolute Gasteiger partial charge is 0.493 e. The third-order valence-electron chi connectivity index (χ3n) is 4.77. The molecule has 1 aromatic rings. The number of hydrogen-bond donors (Lipinski definition) is 2. The van der Waals surface area contributed by atoms with Gasteiger partial charge >= 0.3 is 0 Å². The second-order valence-electron chi connectivity index (χ2n) is 7.36. The topological polar surface area (TPSA) is 67.4 Å². The number of aliphatic imine (C=N–C) groups is 1. The van der Waals surface area contributed by atoms with E-state index in [1.807, 2.05) is 12.1 Å². The highest BCUT2D eigenvalue weighted by Crippen LogP contribution is 2.39. The van der Waals surface area contributed by atoms with Gasteiger partial charge in [-0.3, -0.25) is 9.89 Å². The van der Waals surface area contributed by atoms with Crippen molar-refractivity contribution in [3.8, 4) is 17.2 Å². The summed E-state index contributed by atoms with van der Waals surface area (Å²) >= 11 is 0. The molecule has 166 valence electrons. The summed E-state index contributed by atoms with van der Waals surface area (Å²) in [5.41, 5.74) is 1.05. The molecule has 7 heteroatoms. The zero-order valence-corrected chi connectivity index (χ0v) is 19.5. The fourth-order valence-corrected chi connectivity index (χ4v) is 3.41. The van der Waals surface area contributed by atoms with E-state index in [0.717, 1.165) is 44.1 Å². The normalized spacial score (nSPS) is 11.9. The van der Waals surface area contributed by atoms with Crippen molar-refractivity contribution in [2.24, 2.45) is 4.99 Å². The molecule has 0 aromatic heterocycles. The summed E-state index contributed by atoms with van der Waals surface area (Å²) in [6, 6.07) is 4.94. The molecule has 29 heavy (non-hydrogen) atoms. The smallest absolute Gasteiger partial charge is 0.203 e. The summed E-state index contributed by atoms with van der Waals surface area (Å²) in [5, 5.41) is 6.73. The number of nitrogens with zero attached hydrogens (tertiary/aromatic N) is 2. The van der Waals surface area contributed by atoms with Crippen LogP contribution in [0.4, 0.5) is 0 Å². The molecule has 0 fully saturated rings. The Bertz CT molecular complexity index is 625. The van der Waals surface area contributed by atoms with Gasteiger partial charge in [0.15, 0.2) is 17.5 Å². The Hall–Kier alpha value is -2.15. The first-order valence-corrected chi connectivity index (χ1v) is 10.4. The van der Waals surface area contributed by atoms with Crippen molar-refractivity contribution in [2.75, 3.05) is 47.5 Å². The van der Waals surface area contributed by atoms with Gasteiger partial charge in [-0.2, -0.15) is 0 Å². The molecule has 0 saturated heterocycles. The SMILES string of the molecule is CCNC(=NCCN(C(C)C)C(C)C)NCCc1ccc(OC)c(OC)c1OC. The Morgan fingerprint density at radius 1 is 0.966 bits per heavy atom. The summed E-state index contributed by atoms with van der Waals surface area (Å²) in [7, 11) is 4.89. The predicted molar refractivity (Wildman–Crippen MR) is 121 cm³/mol. The average Bonchev–Trinajstić information content (AvgIpc) is 2.69. The number of rotatable bonds is 12. The minimum atomic E-state index is 0.512. The summed E-state index contributed by atoms with van der Waals surface area (Å²) in [4.78, 5) is 7.18. The highest BCUT2D eigenvalue weighted by molar-refractivity contribution is 5.79. The van der Waals surface area contributed by atoms with Crippen LogP contribution in [0.3, 0.4) is 0 Å². The molecule has 0 radical (unpaired) electrons. The Morgan fingerprint density at radius 3 is 2.14 bits per heavy atom. The molecule has 1 aromatic carbocycles. The van der Waals surface area contributed by atoms with Gasteiger partial charge in [0.25, 0.3) is 0 Å². The third kappa shape index (κ3) is 7.65. The standard InChI is InChI=1S/C22H40N4O3/c1-9-23-22(25-14-15-26(16(2)3)17(4)5)24-13-12-18-10-11-19(27-6)21(29-8)20(18)28-7/h10-11,16-17H,9,12-15H2,1-8H3,(H2,23,24,25). The van der Waals surface area contributed by atoms with E-state index >= 15 is 0 Å². The lowest BCUT2D eigenvalue weighted by Crippen LogP contribution is -2.41. The van der Waals surface area contributed by atoms with Gasteiger partial charge in [0.2, 0.25) is 5.75 Å². The van der Waals surface area contributed by atoms with Crippen molar-refractivity contribution in [1.82, 2.24) is 15.5 Å². The van der Waals surface area contributed by atoms with Crippen molar-refractivity contribution >= 4 is 5.96 Å². The molecule has 1 rings (SSSR count). The first kappa shape index (κ1) is 24.9. The van der Waals surface area contributed by atoms with E-state index in [2.05, 4.69) is 50.2 Å². The summed E-state index contributed by atoms with van der Waals surface area (Å²) in [5.74, 6) is 2.82. The monoisotopic (exact) mass is 408 g/mol. The van der Waals surface area contributed by atoms with E-state index < -0.39 is 0 Å². The predicted octanol–water partition coefficient (Wildman–Crippen LogP) is 2.93. The molecule has 0 aliphatic rings. The summed E-state index contributed by atoms with van der Waals surface area (Å²) in [6.45, 7) is 14.2. The average molecular weight is 409 g/mol. The van der Waals surface area contributed by atoms with Gasteiger partial charge in [0, 0.05) is 37.3 Å². The molecule has 0 spiro atoms. The molecular formula is C22H40N4O3. The van der Waals surface area contributed by atoms with Gasteiger partial charge in [-0.05, 0) is 47.1 Å². The molecule has 0 heterocycles. The fourth-order valence-electron chi connectivity index (χ4n) is 3.41. The molecular weight excluding hydrogens is 368 g/mol. The van der Waals surface area contributed by atoms with Gasteiger partial charge in [-0.25, -0.2) is 0 Å². The lowest BCUT2D eigenvalue weighted by Gasteiger charge is -2.29. The second-order valence-corrected chi connectivity index (χ2v) is 7.36. The van der Waals surface area contributed by atoms with Crippen molar-refractivity contribution in [2.45, 2.75) is 53.1 Å². The van der Waals surface area contributed by atoms with Crippen LogP contribution in [-0.4, -0.2) is 70.5 Å². The number of nitrogens with one attached hydrogen (secondary N) is 2. The van der Waals surface area contributed by atoms with Crippen LogP contribution in [0.5, 0.6) is 17.2 Å². The van der Waals surface area contributed by atoms with Gasteiger partial charge < -0.3 is 24.8 Å². The zero-order valence-electron chi connectivity index (χ0n) is 19.5. The van der Waals surface area contributed by atoms with Crippen LogP contribution < -0.4 is 24.8 Å². The van der Waals surface area contributed by atoms with Crippen molar-refractivity contribution in [1.29, 1.82) is 0 Å². The van der Waals surface area contributed by atoms with Crippen LogP contribution >= 0.6 is 0 Å².